The van der Waals surface area contributed by atoms with Crippen LogP contribution < -0.4 is 10.6 Å². The molecule has 0 radical (unpaired) electrons. The van der Waals surface area contributed by atoms with Crippen molar-refractivity contribution in [2.75, 3.05) is 5.32 Å². The molecular formula is C20H18BrFN2OS. The second-order valence-electron chi connectivity index (χ2n) is 5.86. The number of amides is 1. The first kappa shape index (κ1) is 18.8. The number of carbonyl (C=O) groups excluding carboxylic acids is 1. The van der Waals surface area contributed by atoms with Crippen molar-refractivity contribution >= 4 is 38.9 Å². The molecule has 2 N–H and O–H groups in total. The summed E-state index contributed by atoms with van der Waals surface area (Å²) >= 11 is 4.84. The fourth-order valence-electron chi connectivity index (χ4n) is 2.60. The quantitative estimate of drug-likeness (QED) is 0.550. The monoisotopic (exact) mass is 432 g/mol. The van der Waals surface area contributed by atoms with Crippen LogP contribution in [0.4, 0.5) is 10.1 Å². The zero-order valence-corrected chi connectivity index (χ0v) is 16.5. The first-order valence-electron chi connectivity index (χ1n) is 8.15. The molecule has 6 heteroatoms. The second-order valence-corrected chi connectivity index (χ2v) is 7.76. The minimum Gasteiger partial charge on any atom is -0.322 e. The molecule has 1 amide bonds. The van der Waals surface area contributed by atoms with Crippen LogP contribution in [0.25, 0.3) is 0 Å². The lowest BCUT2D eigenvalue weighted by atomic mass is 10.0. The predicted octanol–water partition coefficient (Wildman–Crippen LogP) is 5.36. The number of benzene rings is 2. The van der Waals surface area contributed by atoms with Crippen LogP contribution in [-0.2, 0) is 4.79 Å². The van der Waals surface area contributed by atoms with Gasteiger partial charge >= 0.3 is 0 Å². The van der Waals surface area contributed by atoms with Crippen LogP contribution in [0, 0.1) is 5.82 Å². The van der Waals surface area contributed by atoms with Gasteiger partial charge in [0, 0.05) is 9.35 Å². The summed E-state index contributed by atoms with van der Waals surface area (Å²) in [6.45, 7) is 1.77. The van der Waals surface area contributed by atoms with Gasteiger partial charge in [0.2, 0.25) is 5.91 Å². The third-order valence-electron chi connectivity index (χ3n) is 3.96. The number of carbonyl (C=O) groups is 1. The number of halogens is 2. The molecule has 0 aliphatic heterocycles. The van der Waals surface area contributed by atoms with E-state index >= 15 is 0 Å². The molecule has 3 nitrogen and oxygen atoms in total. The molecule has 3 rings (SSSR count). The highest BCUT2D eigenvalue weighted by Gasteiger charge is 2.22. The summed E-state index contributed by atoms with van der Waals surface area (Å²) in [5, 5.41) is 8.01. The third kappa shape index (κ3) is 4.58. The summed E-state index contributed by atoms with van der Waals surface area (Å²) in [6, 6.07) is 17.9. The summed E-state index contributed by atoms with van der Waals surface area (Å²) in [6.07, 6.45) is 0. The molecule has 134 valence electrons. The smallest absolute Gasteiger partial charge is 0.241 e. The lowest BCUT2D eigenvalue weighted by Gasteiger charge is -2.23. The maximum atomic E-state index is 14.0. The average molecular weight is 433 g/mol. The molecule has 1 aromatic heterocycles. The van der Waals surface area contributed by atoms with Crippen LogP contribution in [0.1, 0.15) is 23.4 Å². The van der Waals surface area contributed by atoms with Gasteiger partial charge in [-0.05, 0) is 42.1 Å². The lowest BCUT2D eigenvalue weighted by Crippen LogP contribution is -2.40. The largest absolute Gasteiger partial charge is 0.322 e. The van der Waals surface area contributed by atoms with Crippen molar-refractivity contribution in [3.63, 3.8) is 0 Å². The van der Waals surface area contributed by atoms with Gasteiger partial charge in [0.05, 0.1) is 17.8 Å². The van der Waals surface area contributed by atoms with Crippen molar-refractivity contribution in [2.24, 2.45) is 0 Å². The summed E-state index contributed by atoms with van der Waals surface area (Å²) in [4.78, 5) is 13.7. The molecule has 0 spiro atoms. The minimum atomic E-state index is -0.509. The fraction of sp³-hybridized carbons (Fsp3) is 0.150. The normalized spacial score (nSPS) is 13.2. The number of hydrogen-bond donors (Lipinski definition) is 2. The lowest BCUT2D eigenvalue weighted by molar-refractivity contribution is -0.117. The summed E-state index contributed by atoms with van der Waals surface area (Å²) in [5.41, 5.74) is 1.24. The molecule has 26 heavy (non-hydrogen) atoms. The highest BCUT2D eigenvalue weighted by molar-refractivity contribution is 9.10. The second kappa shape index (κ2) is 8.58. The van der Waals surface area contributed by atoms with Gasteiger partial charge in [-0.2, -0.15) is 0 Å². The summed E-state index contributed by atoms with van der Waals surface area (Å²) in [7, 11) is 0. The highest BCUT2D eigenvalue weighted by atomic mass is 79.9. The molecular weight excluding hydrogens is 415 g/mol. The van der Waals surface area contributed by atoms with Gasteiger partial charge in [-0.3, -0.25) is 10.1 Å². The number of thiophene rings is 1. The van der Waals surface area contributed by atoms with Gasteiger partial charge in [0.15, 0.2) is 0 Å². The Labute approximate surface area is 164 Å². The van der Waals surface area contributed by atoms with E-state index < -0.39 is 11.9 Å². The Kier molecular flexibility index (Phi) is 6.19. The summed E-state index contributed by atoms with van der Waals surface area (Å²) < 4.78 is 14.6. The van der Waals surface area contributed by atoms with Crippen LogP contribution >= 0.6 is 27.3 Å². The third-order valence-corrected chi connectivity index (χ3v) is 5.39. The van der Waals surface area contributed by atoms with Crippen LogP contribution in [0.15, 0.2) is 70.5 Å². The van der Waals surface area contributed by atoms with Gasteiger partial charge < -0.3 is 5.32 Å². The Morgan fingerprint density at radius 2 is 1.88 bits per heavy atom. The van der Waals surface area contributed by atoms with Crippen molar-refractivity contribution in [3.8, 4) is 0 Å². The molecule has 0 bridgehead atoms. The van der Waals surface area contributed by atoms with E-state index in [-0.39, 0.29) is 17.6 Å². The number of anilines is 1. The molecule has 0 fully saturated rings. The Morgan fingerprint density at radius 1 is 1.12 bits per heavy atom. The Balaban J connectivity index is 1.75. The Hall–Kier alpha value is -2.02. The van der Waals surface area contributed by atoms with E-state index in [1.165, 1.54) is 12.1 Å². The molecule has 2 aromatic carbocycles. The van der Waals surface area contributed by atoms with E-state index in [1.807, 2.05) is 47.8 Å². The van der Waals surface area contributed by atoms with Gasteiger partial charge in [-0.25, -0.2) is 4.39 Å². The molecule has 0 aliphatic carbocycles. The predicted molar refractivity (Wildman–Crippen MR) is 108 cm³/mol. The van der Waals surface area contributed by atoms with E-state index in [4.69, 9.17) is 0 Å². The van der Waals surface area contributed by atoms with Gasteiger partial charge in [0.1, 0.15) is 5.82 Å². The maximum absolute atomic E-state index is 14.0. The number of hydrogen-bond acceptors (Lipinski definition) is 3. The fourth-order valence-corrected chi connectivity index (χ4v) is 3.75. The zero-order valence-electron chi connectivity index (χ0n) is 14.1. The first-order valence-corrected chi connectivity index (χ1v) is 9.82. The molecule has 1 heterocycles. The van der Waals surface area contributed by atoms with Crippen LogP contribution in [-0.4, -0.2) is 11.9 Å². The first-order chi connectivity index (χ1) is 12.5. The highest BCUT2D eigenvalue weighted by Crippen LogP contribution is 2.26. The maximum Gasteiger partial charge on any atom is 0.241 e. The van der Waals surface area contributed by atoms with Gasteiger partial charge in [0.25, 0.3) is 0 Å². The van der Waals surface area contributed by atoms with E-state index in [2.05, 4.69) is 26.6 Å². The summed E-state index contributed by atoms with van der Waals surface area (Å²) in [5.74, 6) is -0.762. The van der Waals surface area contributed by atoms with Crippen LogP contribution in [0.3, 0.4) is 0 Å². The topological polar surface area (TPSA) is 41.1 Å². The molecule has 0 aliphatic rings. The van der Waals surface area contributed by atoms with Crippen molar-refractivity contribution in [2.45, 2.75) is 19.0 Å². The standard InChI is InChI=1S/C20H18BrFN2OS/c1-13(20(25)24-17-10-9-15(21)12-16(17)22)23-19(18-8-5-11-26-18)14-6-3-2-4-7-14/h2-13,19,23H,1H3,(H,24,25)/t13-,19+/m0/s1. The van der Waals surface area contributed by atoms with Crippen molar-refractivity contribution in [1.29, 1.82) is 0 Å². The SMILES string of the molecule is C[C@H](N[C@H](c1ccccc1)c1cccs1)C(=O)Nc1ccc(Br)cc1F. The molecule has 2 atom stereocenters. The number of rotatable bonds is 6. The molecule has 3 aromatic rings. The van der Waals surface area contributed by atoms with Gasteiger partial charge in [-0.1, -0.05) is 52.3 Å². The van der Waals surface area contributed by atoms with E-state index in [1.54, 1.807) is 24.3 Å². The van der Waals surface area contributed by atoms with E-state index in [9.17, 15) is 9.18 Å². The Morgan fingerprint density at radius 3 is 2.54 bits per heavy atom. The average Bonchev–Trinajstić information content (AvgIpc) is 3.17. The van der Waals surface area contributed by atoms with Crippen LogP contribution in [0.2, 0.25) is 0 Å². The minimum absolute atomic E-state index is 0.105. The van der Waals surface area contributed by atoms with Gasteiger partial charge in [-0.15, -0.1) is 11.3 Å². The number of nitrogens with one attached hydrogen (secondary N) is 2. The zero-order chi connectivity index (χ0) is 18.5. The van der Waals surface area contributed by atoms with Crippen molar-refractivity contribution < 1.29 is 9.18 Å². The Bertz CT molecular complexity index is 871. The molecule has 0 saturated carbocycles. The molecule has 0 unspecified atom stereocenters. The van der Waals surface area contributed by atoms with Crippen LogP contribution in [0.5, 0.6) is 0 Å². The van der Waals surface area contributed by atoms with E-state index in [0.717, 1.165) is 10.4 Å². The van der Waals surface area contributed by atoms with Crippen molar-refractivity contribution in [1.82, 2.24) is 5.32 Å². The molecule has 0 saturated heterocycles. The van der Waals surface area contributed by atoms with Crippen molar-refractivity contribution in [3.05, 3.63) is 86.8 Å². The van der Waals surface area contributed by atoms with E-state index in [0.29, 0.717) is 4.47 Å².